The highest BCUT2D eigenvalue weighted by Gasteiger charge is 2.48. The van der Waals surface area contributed by atoms with Crippen LogP contribution in [0.25, 0.3) is 0 Å². The maximum absolute atomic E-state index is 8.73. The van der Waals surface area contributed by atoms with E-state index in [0.717, 1.165) is 19.3 Å². The predicted octanol–water partition coefficient (Wildman–Crippen LogP) is 3.65. The molecule has 3 rings (SSSR count). The minimum Gasteiger partial charge on any atom is -0.251 e. The summed E-state index contributed by atoms with van der Waals surface area (Å²) < 4.78 is 0. The van der Waals surface area contributed by atoms with Gasteiger partial charge in [0.2, 0.25) is 0 Å². The summed E-state index contributed by atoms with van der Waals surface area (Å²) in [4.78, 5) is 15.5. The lowest BCUT2D eigenvalue weighted by Crippen LogP contribution is -2.51. The molecule has 4 heteroatoms. The SMILES string of the molecule is CC(C/C=C/C(C)(C)OO)[C@@]12C=C[C@@](C)(CC1)OO2. The number of allylic oxidation sites excluding steroid dienone is 1. The molecule has 3 aliphatic rings. The fourth-order valence-electron chi connectivity index (χ4n) is 2.52. The van der Waals surface area contributed by atoms with Gasteiger partial charge in [0.25, 0.3) is 0 Å². The minimum atomic E-state index is -0.651. The first kappa shape index (κ1) is 14.7. The van der Waals surface area contributed by atoms with E-state index in [-0.39, 0.29) is 11.2 Å². The van der Waals surface area contributed by atoms with Gasteiger partial charge in [-0.05, 0) is 46.0 Å². The van der Waals surface area contributed by atoms with E-state index in [9.17, 15) is 0 Å². The van der Waals surface area contributed by atoms with E-state index in [1.807, 2.05) is 19.1 Å². The van der Waals surface area contributed by atoms with Crippen LogP contribution in [0.2, 0.25) is 0 Å². The maximum Gasteiger partial charge on any atom is 0.125 e. The Morgan fingerprint density at radius 1 is 1.37 bits per heavy atom. The Labute approximate surface area is 114 Å². The number of fused-ring (bicyclic) bond motifs is 2. The number of rotatable bonds is 5. The lowest BCUT2D eigenvalue weighted by Gasteiger charge is -2.48. The quantitative estimate of drug-likeness (QED) is 0.470. The fraction of sp³-hybridized carbons (Fsp3) is 0.733. The zero-order valence-electron chi connectivity index (χ0n) is 12.2. The molecule has 1 aliphatic carbocycles. The maximum atomic E-state index is 8.73. The van der Waals surface area contributed by atoms with Crippen molar-refractivity contribution in [2.24, 2.45) is 5.92 Å². The summed E-state index contributed by atoms with van der Waals surface area (Å²) in [6.07, 6.45) is 11.0. The van der Waals surface area contributed by atoms with Gasteiger partial charge in [0, 0.05) is 0 Å². The van der Waals surface area contributed by atoms with Crippen molar-refractivity contribution in [1.82, 2.24) is 0 Å². The Balaban J connectivity index is 1.98. The van der Waals surface area contributed by atoms with Crippen molar-refractivity contribution >= 4 is 0 Å². The van der Waals surface area contributed by atoms with Crippen molar-refractivity contribution in [3.05, 3.63) is 24.3 Å². The summed E-state index contributed by atoms with van der Waals surface area (Å²) in [6.45, 7) is 7.80. The average molecular weight is 268 g/mol. The first-order valence-corrected chi connectivity index (χ1v) is 6.88. The third kappa shape index (κ3) is 3.08. The number of hydrogen-bond donors (Lipinski definition) is 1. The molecular formula is C15H24O4. The van der Waals surface area contributed by atoms with E-state index in [0.29, 0.717) is 5.92 Å². The summed E-state index contributed by atoms with van der Waals surface area (Å²) >= 11 is 0. The van der Waals surface area contributed by atoms with Crippen LogP contribution in [-0.2, 0) is 14.7 Å². The van der Waals surface area contributed by atoms with Gasteiger partial charge < -0.3 is 0 Å². The molecule has 0 spiro atoms. The van der Waals surface area contributed by atoms with Crippen molar-refractivity contribution in [3.63, 3.8) is 0 Å². The lowest BCUT2D eigenvalue weighted by atomic mass is 9.74. The molecule has 19 heavy (non-hydrogen) atoms. The van der Waals surface area contributed by atoms with Crippen LogP contribution in [0.1, 0.15) is 47.0 Å². The second kappa shape index (κ2) is 5.02. The molecule has 1 unspecified atom stereocenters. The summed E-state index contributed by atoms with van der Waals surface area (Å²) in [5.74, 6) is 0.305. The van der Waals surface area contributed by atoms with E-state index < -0.39 is 5.60 Å². The molecular weight excluding hydrogens is 244 g/mol. The zero-order chi connectivity index (χ0) is 14.1. The van der Waals surface area contributed by atoms with Crippen LogP contribution in [0.5, 0.6) is 0 Å². The first-order valence-electron chi connectivity index (χ1n) is 6.88. The molecule has 0 aromatic carbocycles. The first-order chi connectivity index (χ1) is 8.81. The Hall–Kier alpha value is -0.680. The highest BCUT2D eigenvalue weighted by molar-refractivity contribution is 5.18. The Morgan fingerprint density at radius 3 is 2.58 bits per heavy atom. The summed E-state index contributed by atoms with van der Waals surface area (Å²) in [5, 5.41) is 8.73. The second-order valence-electron chi connectivity index (χ2n) is 6.50. The Kier molecular flexibility index (Phi) is 3.89. The molecule has 3 atom stereocenters. The van der Waals surface area contributed by atoms with Crippen LogP contribution >= 0.6 is 0 Å². The van der Waals surface area contributed by atoms with Crippen molar-refractivity contribution < 1.29 is 19.9 Å². The van der Waals surface area contributed by atoms with E-state index in [2.05, 4.69) is 24.0 Å². The number of hydrogen-bond acceptors (Lipinski definition) is 4. The largest absolute Gasteiger partial charge is 0.251 e. The topological polar surface area (TPSA) is 47.9 Å². The van der Waals surface area contributed by atoms with Gasteiger partial charge in [-0.3, -0.25) is 5.26 Å². The van der Waals surface area contributed by atoms with Crippen LogP contribution < -0.4 is 0 Å². The van der Waals surface area contributed by atoms with Crippen molar-refractivity contribution in [1.29, 1.82) is 0 Å². The molecule has 0 radical (unpaired) electrons. The van der Waals surface area contributed by atoms with Crippen LogP contribution in [0, 0.1) is 5.92 Å². The molecule has 2 bridgehead atoms. The molecule has 4 nitrogen and oxygen atoms in total. The third-order valence-electron chi connectivity index (χ3n) is 4.20. The molecule has 1 N–H and O–H groups in total. The molecule has 2 aliphatic heterocycles. The Morgan fingerprint density at radius 2 is 2.11 bits per heavy atom. The smallest absolute Gasteiger partial charge is 0.125 e. The van der Waals surface area contributed by atoms with Gasteiger partial charge >= 0.3 is 0 Å². The van der Waals surface area contributed by atoms with Gasteiger partial charge in [0.15, 0.2) is 0 Å². The molecule has 108 valence electrons. The molecule has 1 fully saturated rings. The van der Waals surface area contributed by atoms with Crippen LogP contribution in [0.3, 0.4) is 0 Å². The Bertz CT molecular complexity index is 376. The van der Waals surface area contributed by atoms with Gasteiger partial charge in [0.1, 0.15) is 16.8 Å². The highest BCUT2D eigenvalue weighted by atomic mass is 17.2. The normalized spacial score (nSPS) is 36.1. The molecule has 0 aromatic rings. The molecule has 2 heterocycles. The van der Waals surface area contributed by atoms with Crippen LogP contribution in [-0.4, -0.2) is 22.1 Å². The summed E-state index contributed by atoms with van der Waals surface area (Å²) in [7, 11) is 0. The monoisotopic (exact) mass is 268 g/mol. The molecule has 1 saturated heterocycles. The van der Waals surface area contributed by atoms with Gasteiger partial charge in [-0.25, -0.2) is 14.7 Å². The molecule has 0 amide bonds. The predicted molar refractivity (Wildman–Crippen MR) is 72.4 cm³/mol. The van der Waals surface area contributed by atoms with Crippen LogP contribution in [0.4, 0.5) is 0 Å². The van der Waals surface area contributed by atoms with Gasteiger partial charge in [0.05, 0.1) is 0 Å². The minimum absolute atomic E-state index is 0.246. The fourth-order valence-corrected chi connectivity index (χ4v) is 2.52. The van der Waals surface area contributed by atoms with E-state index in [1.165, 1.54) is 0 Å². The van der Waals surface area contributed by atoms with Gasteiger partial charge in [-0.2, -0.15) is 0 Å². The van der Waals surface area contributed by atoms with Crippen molar-refractivity contribution in [3.8, 4) is 0 Å². The second-order valence-corrected chi connectivity index (χ2v) is 6.50. The zero-order valence-corrected chi connectivity index (χ0v) is 12.2. The van der Waals surface area contributed by atoms with Crippen molar-refractivity contribution in [2.75, 3.05) is 0 Å². The van der Waals surface area contributed by atoms with E-state index >= 15 is 0 Å². The van der Waals surface area contributed by atoms with Gasteiger partial charge in [-0.15, -0.1) is 0 Å². The van der Waals surface area contributed by atoms with Gasteiger partial charge in [-0.1, -0.05) is 31.2 Å². The molecule has 0 saturated carbocycles. The van der Waals surface area contributed by atoms with E-state index in [4.69, 9.17) is 15.0 Å². The summed E-state index contributed by atoms with van der Waals surface area (Å²) in [5.41, 5.74) is -1.21. The summed E-state index contributed by atoms with van der Waals surface area (Å²) in [6, 6.07) is 0. The van der Waals surface area contributed by atoms with E-state index in [1.54, 1.807) is 13.8 Å². The van der Waals surface area contributed by atoms with Crippen LogP contribution in [0.15, 0.2) is 24.3 Å². The third-order valence-corrected chi connectivity index (χ3v) is 4.20. The molecule has 0 aromatic heterocycles. The average Bonchev–Trinajstić information content (AvgIpc) is 2.39. The standard InChI is InChI=1S/C15H24O4/c1-12(6-5-7-13(2,3)17-16)15-10-8-14(4,9-11-15)18-19-15/h5,7-8,10,12,16H,6,9,11H2,1-4H3/b7-5+/t12?,14-,15+/m0/s1. The highest BCUT2D eigenvalue weighted by Crippen LogP contribution is 2.45. The lowest BCUT2D eigenvalue weighted by molar-refractivity contribution is -0.431. The van der Waals surface area contributed by atoms with Crippen molar-refractivity contribution in [2.45, 2.75) is 63.8 Å².